The van der Waals surface area contributed by atoms with E-state index in [9.17, 15) is 4.79 Å². The van der Waals surface area contributed by atoms with Gasteiger partial charge in [0.05, 0.1) is 11.6 Å². The predicted molar refractivity (Wildman–Crippen MR) is 56.0 cm³/mol. The van der Waals surface area contributed by atoms with Crippen molar-refractivity contribution < 1.29 is 4.79 Å². The molecule has 14 heavy (non-hydrogen) atoms. The lowest BCUT2D eigenvalue weighted by atomic mass is 9.92. The van der Waals surface area contributed by atoms with E-state index in [1.165, 1.54) is 0 Å². The van der Waals surface area contributed by atoms with E-state index in [0.29, 0.717) is 12.0 Å². The molecule has 0 aromatic carbocycles. The van der Waals surface area contributed by atoms with Crippen molar-refractivity contribution in [2.45, 2.75) is 51.7 Å². The van der Waals surface area contributed by atoms with E-state index in [1.54, 1.807) is 0 Å². The first-order chi connectivity index (χ1) is 6.46. The van der Waals surface area contributed by atoms with Crippen molar-refractivity contribution in [1.82, 2.24) is 10.2 Å². The number of piperazine rings is 1. The van der Waals surface area contributed by atoms with Crippen molar-refractivity contribution in [3.05, 3.63) is 0 Å². The van der Waals surface area contributed by atoms with Crippen LogP contribution in [0.3, 0.4) is 0 Å². The smallest absolute Gasteiger partial charge is 0.240 e. The Morgan fingerprint density at radius 3 is 2.71 bits per heavy atom. The third-order valence-electron chi connectivity index (χ3n) is 3.97. The third-order valence-corrected chi connectivity index (χ3v) is 3.97. The zero-order chi connectivity index (χ0) is 10.5. The Labute approximate surface area is 85.8 Å². The molecule has 0 aromatic heterocycles. The average molecular weight is 196 g/mol. The topological polar surface area (TPSA) is 32.3 Å². The highest BCUT2D eigenvalue weighted by molar-refractivity contribution is 5.84. The molecule has 0 bridgehead atoms. The van der Waals surface area contributed by atoms with E-state index in [0.717, 1.165) is 13.0 Å². The van der Waals surface area contributed by atoms with Gasteiger partial charge in [-0.05, 0) is 33.1 Å². The standard InChI is InChI=1S/C11H20N2O/c1-7-5-11(4)6-12-8(2)10(14)13(11)9(7)3/h7-9,12H,5-6H2,1-4H3. The fourth-order valence-electron chi connectivity index (χ4n) is 3.00. The van der Waals surface area contributed by atoms with Crippen LogP contribution in [0.2, 0.25) is 0 Å². The minimum atomic E-state index is -0.00387. The summed E-state index contributed by atoms with van der Waals surface area (Å²) in [6.07, 6.45) is 1.12. The van der Waals surface area contributed by atoms with Crippen LogP contribution in [-0.4, -0.2) is 35.0 Å². The number of nitrogens with zero attached hydrogens (tertiary/aromatic N) is 1. The number of amides is 1. The van der Waals surface area contributed by atoms with Crippen LogP contribution in [-0.2, 0) is 4.79 Å². The van der Waals surface area contributed by atoms with Gasteiger partial charge in [0.2, 0.25) is 5.91 Å². The number of nitrogens with one attached hydrogen (secondary N) is 1. The molecule has 2 saturated heterocycles. The minimum Gasteiger partial charge on any atom is -0.332 e. The average Bonchev–Trinajstić information content (AvgIpc) is 2.33. The first-order valence-corrected chi connectivity index (χ1v) is 5.52. The van der Waals surface area contributed by atoms with Gasteiger partial charge < -0.3 is 10.2 Å². The Kier molecular flexibility index (Phi) is 2.11. The molecule has 0 spiro atoms. The molecule has 3 nitrogen and oxygen atoms in total. The molecule has 1 amide bonds. The molecule has 80 valence electrons. The van der Waals surface area contributed by atoms with Gasteiger partial charge in [0.1, 0.15) is 0 Å². The SMILES string of the molecule is CC1NCC2(C)CC(C)C(C)N2C1=O. The van der Waals surface area contributed by atoms with Crippen molar-refractivity contribution in [3.8, 4) is 0 Å². The summed E-state index contributed by atoms with van der Waals surface area (Å²) in [5.74, 6) is 0.895. The predicted octanol–water partition coefficient (Wildman–Crippen LogP) is 0.994. The quantitative estimate of drug-likeness (QED) is 0.626. The van der Waals surface area contributed by atoms with Crippen LogP contribution < -0.4 is 5.32 Å². The normalized spacial score (nSPS) is 48.1. The molecule has 4 atom stereocenters. The van der Waals surface area contributed by atoms with Gasteiger partial charge in [0.25, 0.3) is 0 Å². The van der Waals surface area contributed by atoms with Crippen LogP contribution in [0.1, 0.15) is 34.1 Å². The Morgan fingerprint density at radius 1 is 1.43 bits per heavy atom. The first-order valence-electron chi connectivity index (χ1n) is 5.52. The lowest BCUT2D eigenvalue weighted by molar-refractivity contribution is -0.142. The number of carbonyl (C=O) groups is 1. The van der Waals surface area contributed by atoms with Crippen molar-refractivity contribution in [3.63, 3.8) is 0 Å². The first kappa shape index (κ1) is 9.97. The number of hydrogen-bond acceptors (Lipinski definition) is 2. The van der Waals surface area contributed by atoms with Crippen molar-refractivity contribution in [1.29, 1.82) is 0 Å². The van der Waals surface area contributed by atoms with Gasteiger partial charge in [-0.1, -0.05) is 6.92 Å². The lowest BCUT2D eigenvalue weighted by Gasteiger charge is -2.44. The van der Waals surface area contributed by atoms with Crippen LogP contribution in [0.25, 0.3) is 0 Å². The summed E-state index contributed by atoms with van der Waals surface area (Å²) >= 11 is 0. The van der Waals surface area contributed by atoms with Crippen molar-refractivity contribution >= 4 is 5.91 Å². The summed E-state index contributed by atoms with van der Waals surface area (Å²) in [5.41, 5.74) is 0.0580. The van der Waals surface area contributed by atoms with E-state index in [2.05, 4.69) is 31.0 Å². The van der Waals surface area contributed by atoms with Crippen molar-refractivity contribution in [2.24, 2.45) is 5.92 Å². The Balaban J connectivity index is 2.31. The highest BCUT2D eigenvalue weighted by atomic mass is 16.2. The van der Waals surface area contributed by atoms with E-state index in [-0.39, 0.29) is 17.5 Å². The Bertz CT molecular complexity index is 266. The van der Waals surface area contributed by atoms with E-state index < -0.39 is 0 Å². The van der Waals surface area contributed by atoms with Gasteiger partial charge >= 0.3 is 0 Å². The lowest BCUT2D eigenvalue weighted by Crippen LogP contribution is -2.64. The van der Waals surface area contributed by atoms with Gasteiger partial charge in [-0.2, -0.15) is 0 Å². The highest BCUT2D eigenvalue weighted by Crippen LogP contribution is 2.39. The molecule has 2 aliphatic heterocycles. The van der Waals surface area contributed by atoms with E-state index in [1.807, 2.05) is 6.92 Å². The Hall–Kier alpha value is -0.570. The molecule has 1 N–H and O–H groups in total. The molecule has 2 aliphatic rings. The van der Waals surface area contributed by atoms with E-state index >= 15 is 0 Å². The Morgan fingerprint density at radius 2 is 2.07 bits per heavy atom. The minimum absolute atomic E-state index is 0.00387. The van der Waals surface area contributed by atoms with Crippen LogP contribution in [0.5, 0.6) is 0 Å². The van der Waals surface area contributed by atoms with Crippen LogP contribution in [0, 0.1) is 5.92 Å². The van der Waals surface area contributed by atoms with Crippen LogP contribution in [0.4, 0.5) is 0 Å². The summed E-state index contributed by atoms with van der Waals surface area (Å²) < 4.78 is 0. The molecule has 4 unspecified atom stereocenters. The number of fused-ring (bicyclic) bond motifs is 1. The molecule has 0 saturated carbocycles. The molecule has 2 fully saturated rings. The zero-order valence-corrected chi connectivity index (χ0v) is 9.50. The summed E-state index contributed by atoms with van der Waals surface area (Å²) in [7, 11) is 0. The van der Waals surface area contributed by atoms with E-state index in [4.69, 9.17) is 0 Å². The second-order valence-electron chi connectivity index (χ2n) is 5.23. The fraction of sp³-hybridized carbons (Fsp3) is 0.909. The number of hydrogen-bond donors (Lipinski definition) is 1. The molecule has 3 heteroatoms. The van der Waals surface area contributed by atoms with Gasteiger partial charge in [-0.25, -0.2) is 0 Å². The number of rotatable bonds is 0. The molecule has 2 rings (SSSR count). The van der Waals surface area contributed by atoms with Crippen molar-refractivity contribution in [2.75, 3.05) is 6.54 Å². The molecule has 0 aromatic rings. The third kappa shape index (κ3) is 1.18. The second-order valence-corrected chi connectivity index (χ2v) is 5.23. The maximum absolute atomic E-state index is 12.0. The number of carbonyl (C=O) groups excluding carboxylic acids is 1. The summed E-state index contributed by atoms with van der Waals surface area (Å²) in [4.78, 5) is 14.1. The molecular formula is C11H20N2O. The van der Waals surface area contributed by atoms with Crippen LogP contribution in [0.15, 0.2) is 0 Å². The zero-order valence-electron chi connectivity index (χ0n) is 9.50. The molecular weight excluding hydrogens is 176 g/mol. The van der Waals surface area contributed by atoms with Gasteiger partial charge in [0.15, 0.2) is 0 Å². The second kappa shape index (κ2) is 2.96. The summed E-state index contributed by atoms with van der Waals surface area (Å²) in [6, 6.07) is 0.396. The monoisotopic (exact) mass is 196 g/mol. The maximum atomic E-state index is 12.0. The fourth-order valence-corrected chi connectivity index (χ4v) is 3.00. The largest absolute Gasteiger partial charge is 0.332 e. The maximum Gasteiger partial charge on any atom is 0.240 e. The molecule has 0 aliphatic carbocycles. The van der Waals surface area contributed by atoms with Gasteiger partial charge in [0, 0.05) is 12.6 Å². The highest BCUT2D eigenvalue weighted by Gasteiger charge is 2.50. The summed E-state index contributed by atoms with van der Waals surface area (Å²) in [6.45, 7) is 9.51. The van der Waals surface area contributed by atoms with Gasteiger partial charge in [-0.15, -0.1) is 0 Å². The van der Waals surface area contributed by atoms with Crippen LogP contribution >= 0.6 is 0 Å². The van der Waals surface area contributed by atoms with Gasteiger partial charge in [-0.3, -0.25) is 4.79 Å². The summed E-state index contributed by atoms with van der Waals surface area (Å²) in [5, 5.41) is 3.29. The molecule has 2 heterocycles. The molecule has 0 radical (unpaired) electrons.